The molecule has 1 aliphatic heterocycles. The van der Waals surface area contributed by atoms with Gasteiger partial charge in [0.1, 0.15) is 5.82 Å². The summed E-state index contributed by atoms with van der Waals surface area (Å²) >= 11 is 0. The van der Waals surface area contributed by atoms with E-state index in [0.29, 0.717) is 0 Å². The lowest BCUT2D eigenvalue weighted by Crippen LogP contribution is -2.13. The zero-order valence-electron chi connectivity index (χ0n) is 9.22. The number of aromatic nitrogens is 2. The molecule has 3 heterocycles. The summed E-state index contributed by atoms with van der Waals surface area (Å²) in [5.41, 5.74) is 3.62. The molecule has 1 aliphatic rings. The van der Waals surface area contributed by atoms with Crippen LogP contribution in [0.2, 0.25) is 0 Å². The van der Waals surface area contributed by atoms with Crippen molar-refractivity contribution < 1.29 is 0 Å². The quantitative estimate of drug-likeness (QED) is 0.723. The van der Waals surface area contributed by atoms with Crippen LogP contribution in [0, 0.1) is 0 Å². The zero-order chi connectivity index (χ0) is 11.0. The second-order valence-electron chi connectivity index (χ2n) is 4.12. The van der Waals surface area contributed by atoms with Crippen LogP contribution in [-0.2, 0) is 6.42 Å². The molecule has 0 fully saturated rings. The van der Waals surface area contributed by atoms with E-state index in [2.05, 4.69) is 34.0 Å². The lowest BCUT2D eigenvalue weighted by molar-refractivity contribution is 0.945. The van der Waals surface area contributed by atoms with Crippen molar-refractivity contribution in [1.82, 2.24) is 9.97 Å². The average molecular weight is 211 g/mol. The van der Waals surface area contributed by atoms with E-state index >= 15 is 0 Å². The highest BCUT2D eigenvalue weighted by Gasteiger charge is 2.17. The normalized spacial score (nSPS) is 13.9. The van der Waals surface area contributed by atoms with Crippen LogP contribution >= 0.6 is 0 Å². The van der Waals surface area contributed by atoms with Gasteiger partial charge in [0.2, 0.25) is 0 Å². The third-order valence-corrected chi connectivity index (χ3v) is 3.02. The fraction of sp³-hybridized carbons (Fsp3) is 0.231. The second-order valence-corrected chi connectivity index (χ2v) is 4.12. The van der Waals surface area contributed by atoms with Crippen molar-refractivity contribution in [2.75, 3.05) is 18.5 Å². The van der Waals surface area contributed by atoms with E-state index < -0.39 is 0 Å². The van der Waals surface area contributed by atoms with Gasteiger partial charge in [-0.2, -0.15) is 0 Å². The summed E-state index contributed by atoms with van der Waals surface area (Å²) in [5.74, 6) is 1.12. The van der Waals surface area contributed by atoms with Crippen molar-refractivity contribution in [3.63, 3.8) is 0 Å². The van der Waals surface area contributed by atoms with Crippen LogP contribution < -0.4 is 4.90 Å². The van der Waals surface area contributed by atoms with Gasteiger partial charge in [-0.05, 0) is 24.1 Å². The number of anilines is 1. The maximum absolute atomic E-state index is 4.51. The lowest BCUT2D eigenvalue weighted by Gasteiger charge is -2.10. The minimum absolute atomic E-state index is 1.07. The van der Waals surface area contributed by atoms with Crippen LogP contribution in [0.3, 0.4) is 0 Å². The van der Waals surface area contributed by atoms with Crippen molar-refractivity contribution >= 4 is 5.82 Å². The standard InChI is InChI=1S/C13H13N3/c1-16-6-4-10-7-12(9-15-13(10)16)11-3-2-5-14-8-11/h2-3,5,7-9H,4,6H2,1H3. The Morgan fingerprint density at radius 1 is 1.25 bits per heavy atom. The average Bonchev–Trinajstić information content (AvgIpc) is 2.72. The molecule has 0 atom stereocenters. The highest BCUT2D eigenvalue weighted by atomic mass is 15.2. The molecule has 3 rings (SSSR count). The Bertz CT molecular complexity index is 508. The van der Waals surface area contributed by atoms with Crippen LogP contribution in [-0.4, -0.2) is 23.6 Å². The Hall–Kier alpha value is -1.90. The van der Waals surface area contributed by atoms with Crippen molar-refractivity contribution in [2.24, 2.45) is 0 Å². The topological polar surface area (TPSA) is 29.0 Å². The minimum Gasteiger partial charge on any atom is -0.359 e. The van der Waals surface area contributed by atoms with E-state index in [-0.39, 0.29) is 0 Å². The zero-order valence-corrected chi connectivity index (χ0v) is 9.22. The first-order chi connectivity index (χ1) is 7.84. The molecule has 0 N–H and O–H groups in total. The van der Waals surface area contributed by atoms with Gasteiger partial charge in [0.25, 0.3) is 0 Å². The molecule has 0 aliphatic carbocycles. The predicted octanol–water partition coefficient (Wildman–Crippen LogP) is 2.14. The first-order valence-electron chi connectivity index (χ1n) is 5.45. The fourth-order valence-corrected chi connectivity index (χ4v) is 2.12. The molecule has 0 unspecified atom stereocenters. The molecular weight excluding hydrogens is 198 g/mol. The Labute approximate surface area is 94.8 Å². The summed E-state index contributed by atoms with van der Waals surface area (Å²) < 4.78 is 0. The smallest absolute Gasteiger partial charge is 0.131 e. The molecule has 0 radical (unpaired) electrons. The van der Waals surface area contributed by atoms with Crippen LogP contribution in [0.15, 0.2) is 36.8 Å². The summed E-state index contributed by atoms with van der Waals surface area (Å²) in [6, 6.07) is 6.24. The van der Waals surface area contributed by atoms with Gasteiger partial charge in [-0.15, -0.1) is 0 Å². The Balaban J connectivity index is 2.06. The van der Waals surface area contributed by atoms with Crippen LogP contribution in [0.5, 0.6) is 0 Å². The molecule has 80 valence electrons. The van der Waals surface area contributed by atoms with E-state index in [1.165, 1.54) is 5.56 Å². The molecule has 0 spiro atoms. The van der Waals surface area contributed by atoms with Crippen LogP contribution in [0.4, 0.5) is 5.82 Å². The van der Waals surface area contributed by atoms with Crippen molar-refractivity contribution in [3.8, 4) is 11.1 Å². The largest absolute Gasteiger partial charge is 0.359 e. The number of hydrogen-bond acceptors (Lipinski definition) is 3. The van der Waals surface area contributed by atoms with Gasteiger partial charge in [-0.1, -0.05) is 6.07 Å². The number of nitrogens with zero attached hydrogens (tertiary/aromatic N) is 3. The molecule has 3 heteroatoms. The van der Waals surface area contributed by atoms with Crippen molar-refractivity contribution in [2.45, 2.75) is 6.42 Å². The van der Waals surface area contributed by atoms with Gasteiger partial charge in [-0.25, -0.2) is 4.98 Å². The fourth-order valence-electron chi connectivity index (χ4n) is 2.12. The Morgan fingerprint density at radius 2 is 2.19 bits per heavy atom. The first kappa shape index (κ1) is 9.33. The summed E-state index contributed by atoms with van der Waals surface area (Å²) in [6.07, 6.45) is 6.69. The number of likely N-dealkylation sites (N-methyl/N-ethyl adjacent to an activating group) is 1. The summed E-state index contributed by atoms with van der Waals surface area (Å²) in [6.45, 7) is 1.07. The monoisotopic (exact) mass is 211 g/mol. The van der Waals surface area contributed by atoms with Gasteiger partial charge in [0.05, 0.1) is 0 Å². The van der Waals surface area contributed by atoms with Gasteiger partial charge in [0, 0.05) is 43.3 Å². The van der Waals surface area contributed by atoms with Crippen LogP contribution in [0.25, 0.3) is 11.1 Å². The molecule has 2 aromatic heterocycles. The third kappa shape index (κ3) is 1.45. The Morgan fingerprint density at radius 3 is 3.00 bits per heavy atom. The molecule has 0 saturated carbocycles. The SMILES string of the molecule is CN1CCc2cc(-c3cccnc3)cnc21. The highest BCUT2D eigenvalue weighted by molar-refractivity contribution is 5.66. The minimum atomic E-state index is 1.07. The molecule has 16 heavy (non-hydrogen) atoms. The molecule has 0 saturated heterocycles. The summed E-state index contributed by atoms with van der Waals surface area (Å²) in [5, 5.41) is 0. The van der Waals surface area contributed by atoms with Gasteiger partial charge >= 0.3 is 0 Å². The summed E-state index contributed by atoms with van der Waals surface area (Å²) in [7, 11) is 2.09. The van der Waals surface area contributed by atoms with Gasteiger partial charge in [0.15, 0.2) is 0 Å². The number of pyridine rings is 2. The first-order valence-corrected chi connectivity index (χ1v) is 5.45. The maximum atomic E-state index is 4.51. The third-order valence-electron chi connectivity index (χ3n) is 3.02. The van der Waals surface area contributed by atoms with Gasteiger partial charge < -0.3 is 4.90 Å². The molecule has 0 amide bonds. The molecule has 0 aromatic carbocycles. The summed E-state index contributed by atoms with van der Waals surface area (Å²) in [4.78, 5) is 10.8. The molecule has 2 aromatic rings. The van der Waals surface area contributed by atoms with Crippen LogP contribution in [0.1, 0.15) is 5.56 Å². The van der Waals surface area contributed by atoms with E-state index in [9.17, 15) is 0 Å². The van der Waals surface area contributed by atoms with E-state index in [0.717, 1.165) is 29.9 Å². The maximum Gasteiger partial charge on any atom is 0.131 e. The van der Waals surface area contributed by atoms with Crippen molar-refractivity contribution in [3.05, 3.63) is 42.4 Å². The number of hydrogen-bond donors (Lipinski definition) is 0. The van der Waals surface area contributed by atoms with Crippen molar-refractivity contribution in [1.29, 1.82) is 0 Å². The highest BCUT2D eigenvalue weighted by Crippen LogP contribution is 2.28. The van der Waals surface area contributed by atoms with E-state index in [1.54, 1.807) is 6.20 Å². The molecular formula is C13H13N3. The predicted molar refractivity (Wildman–Crippen MR) is 64.4 cm³/mol. The van der Waals surface area contributed by atoms with E-state index in [4.69, 9.17) is 0 Å². The second kappa shape index (κ2) is 3.59. The van der Waals surface area contributed by atoms with E-state index in [1.807, 2.05) is 18.5 Å². The Kier molecular flexibility index (Phi) is 2.10. The molecule has 3 nitrogen and oxygen atoms in total. The molecule has 0 bridgehead atoms. The number of rotatable bonds is 1. The number of fused-ring (bicyclic) bond motifs is 1. The lowest BCUT2D eigenvalue weighted by atomic mass is 10.1. The van der Waals surface area contributed by atoms with Gasteiger partial charge in [-0.3, -0.25) is 4.98 Å².